The Hall–Kier alpha value is 0.608. The standard InChI is InChI=1S/C12H36O5Si7/c1-11-12(13)14-24(21(5,6)15-18-2,22(7,8)16-19-3)23(9,10)17-20-4/h11H,1,18-20H2,2-10H3. The number of carbonyl (C=O) groups is 1. The molecule has 24 heavy (non-hydrogen) atoms. The lowest BCUT2D eigenvalue weighted by Crippen LogP contribution is -2.89. The average Bonchev–Trinajstić information content (AvgIpc) is 2.43. The molecule has 0 aliphatic carbocycles. The van der Waals surface area contributed by atoms with Crippen LogP contribution in [0.3, 0.4) is 0 Å². The molecule has 12 heteroatoms. The number of carbonyl (C=O) groups excluding carboxylic acids is 1. The highest BCUT2D eigenvalue weighted by atomic mass is 30.0. The first-order valence-electron chi connectivity index (χ1n) is 8.66. The Morgan fingerprint density at radius 3 is 1.29 bits per heavy atom. The van der Waals surface area contributed by atoms with Crippen molar-refractivity contribution in [1.29, 1.82) is 0 Å². The van der Waals surface area contributed by atoms with Crippen molar-refractivity contribution in [2.75, 3.05) is 0 Å². The zero-order valence-electron chi connectivity index (χ0n) is 16.9. The van der Waals surface area contributed by atoms with E-state index in [2.05, 4.69) is 65.5 Å². The van der Waals surface area contributed by atoms with Gasteiger partial charge in [0.05, 0.1) is 0 Å². The van der Waals surface area contributed by atoms with E-state index in [1.165, 1.54) is 6.08 Å². The second-order valence-corrected chi connectivity index (χ2v) is 44.6. The van der Waals surface area contributed by atoms with Crippen molar-refractivity contribution in [3.8, 4) is 0 Å². The number of hydrogen-bond donors (Lipinski definition) is 0. The summed E-state index contributed by atoms with van der Waals surface area (Å²) in [6.07, 6.45) is 1.29. The molecule has 0 atom stereocenters. The Kier molecular flexibility index (Phi) is 9.76. The van der Waals surface area contributed by atoms with Crippen LogP contribution in [0.5, 0.6) is 0 Å². The predicted octanol–water partition coefficient (Wildman–Crippen LogP) is 0.957. The molecule has 0 aromatic carbocycles. The van der Waals surface area contributed by atoms with Gasteiger partial charge < -0.3 is 16.8 Å². The molecule has 0 aromatic heterocycles. The molecular weight excluding hydrogens is 421 g/mol. The van der Waals surface area contributed by atoms with Crippen LogP contribution in [-0.2, 0) is 21.6 Å². The van der Waals surface area contributed by atoms with Crippen LogP contribution in [0.4, 0.5) is 0 Å². The van der Waals surface area contributed by atoms with E-state index in [1.54, 1.807) is 0 Å². The smallest absolute Gasteiger partial charge is 0.316 e. The molecular formula is C12H36O5Si7. The molecule has 0 rings (SSSR count). The average molecular weight is 457 g/mol. The fourth-order valence-corrected chi connectivity index (χ4v) is 97.1. The Labute approximate surface area is 158 Å². The fraction of sp³-hybridized carbons (Fsp3) is 0.750. The lowest BCUT2D eigenvalue weighted by molar-refractivity contribution is -0.129. The van der Waals surface area contributed by atoms with Gasteiger partial charge in [0.1, 0.15) is 29.3 Å². The molecule has 0 bridgehead atoms. The molecule has 142 valence electrons. The zero-order valence-corrected chi connectivity index (χ0v) is 25.2. The number of hydrogen-bond acceptors (Lipinski definition) is 5. The van der Waals surface area contributed by atoms with Crippen LogP contribution >= 0.6 is 0 Å². The summed E-state index contributed by atoms with van der Waals surface area (Å²) in [4.78, 5) is 12.4. The predicted molar refractivity (Wildman–Crippen MR) is 121 cm³/mol. The molecule has 0 aliphatic rings. The van der Waals surface area contributed by atoms with Crippen molar-refractivity contribution in [3.05, 3.63) is 12.7 Å². The molecule has 0 spiro atoms. The van der Waals surface area contributed by atoms with Gasteiger partial charge in [0.15, 0.2) is 0 Å². The van der Waals surface area contributed by atoms with Crippen molar-refractivity contribution >= 4 is 65.6 Å². The van der Waals surface area contributed by atoms with Crippen molar-refractivity contribution in [1.82, 2.24) is 0 Å². The monoisotopic (exact) mass is 456 g/mol. The summed E-state index contributed by atoms with van der Waals surface area (Å²) in [6, 6.07) is 0. The molecule has 0 fully saturated rings. The van der Waals surface area contributed by atoms with Gasteiger partial charge >= 0.3 is 5.97 Å². The van der Waals surface area contributed by atoms with E-state index in [-0.39, 0.29) is 5.97 Å². The first-order chi connectivity index (χ1) is 10.9. The summed E-state index contributed by atoms with van der Waals surface area (Å²) >= 11 is 0. The minimum absolute atomic E-state index is 0.326. The molecule has 0 amide bonds. The van der Waals surface area contributed by atoms with Gasteiger partial charge in [-0.3, -0.25) is 0 Å². The largest absolute Gasteiger partial charge is 0.516 e. The third-order valence-corrected chi connectivity index (χ3v) is 74.8. The van der Waals surface area contributed by atoms with Gasteiger partial charge in [-0.1, -0.05) is 26.2 Å². The third-order valence-electron chi connectivity index (χ3n) is 4.48. The molecule has 0 radical (unpaired) electrons. The van der Waals surface area contributed by atoms with Crippen LogP contribution in [0.15, 0.2) is 12.7 Å². The summed E-state index contributed by atoms with van der Waals surface area (Å²) < 4.78 is 25.8. The SMILES string of the molecule is C=CC(=O)O[Si]([Si](C)(C)O[SiH2]C)([Si](C)(C)O[SiH2]C)[Si](C)(C)O[SiH2]C. The quantitative estimate of drug-likeness (QED) is 0.342. The van der Waals surface area contributed by atoms with Gasteiger partial charge in [-0.2, -0.15) is 0 Å². The molecule has 0 aliphatic heterocycles. The molecule has 0 heterocycles. The van der Waals surface area contributed by atoms with Crippen LogP contribution in [0.2, 0.25) is 58.9 Å². The van der Waals surface area contributed by atoms with E-state index in [0.717, 1.165) is 0 Å². The third kappa shape index (κ3) is 4.86. The Morgan fingerprint density at radius 2 is 1.08 bits per heavy atom. The second kappa shape index (κ2) is 9.52. The van der Waals surface area contributed by atoms with Crippen molar-refractivity contribution in [3.63, 3.8) is 0 Å². The first-order valence-corrected chi connectivity index (χ1v) is 28.3. The van der Waals surface area contributed by atoms with Crippen LogP contribution < -0.4 is 0 Å². The van der Waals surface area contributed by atoms with Gasteiger partial charge in [-0.05, 0) is 39.3 Å². The Balaban J connectivity index is 6.63. The zero-order chi connectivity index (χ0) is 19.2. The highest BCUT2D eigenvalue weighted by Crippen LogP contribution is 2.39. The van der Waals surface area contributed by atoms with E-state index < -0.39 is 59.7 Å². The van der Waals surface area contributed by atoms with Crippen LogP contribution in [-0.4, -0.2) is 65.6 Å². The highest BCUT2D eigenvalue weighted by Gasteiger charge is 2.75. The number of rotatable bonds is 11. The van der Waals surface area contributed by atoms with Crippen molar-refractivity contribution < 1.29 is 21.6 Å². The summed E-state index contributed by atoms with van der Waals surface area (Å²) in [5.74, 6) is -0.326. The summed E-state index contributed by atoms with van der Waals surface area (Å²) in [5, 5.41) is 0. The molecule has 0 saturated carbocycles. The lowest BCUT2D eigenvalue weighted by Gasteiger charge is -2.55. The van der Waals surface area contributed by atoms with Gasteiger partial charge in [-0.15, -0.1) is 0 Å². The second-order valence-electron chi connectivity index (χ2n) is 7.14. The molecule has 0 aromatic rings. The van der Waals surface area contributed by atoms with Crippen molar-refractivity contribution in [2.45, 2.75) is 58.9 Å². The maximum absolute atomic E-state index is 12.4. The minimum atomic E-state index is -2.69. The van der Waals surface area contributed by atoms with Crippen LogP contribution in [0, 0.1) is 0 Å². The van der Waals surface area contributed by atoms with Gasteiger partial charge in [0.25, 0.3) is 6.87 Å². The molecule has 0 saturated heterocycles. The topological polar surface area (TPSA) is 54.0 Å². The Morgan fingerprint density at radius 1 is 0.792 bits per heavy atom. The molecule has 0 N–H and O–H groups in total. The first kappa shape index (κ1) is 24.6. The van der Waals surface area contributed by atoms with Crippen molar-refractivity contribution in [2.24, 2.45) is 0 Å². The Bertz CT molecular complexity index is 396. The van der Waals surface area contributed by atoms with Gasteiger partial charge in [0, 0.05) is 6.08 Å². The highest BCUT2D eigenvalue weighted by molar-refractivity contribution is 7.85. The fourth-order valence-electron chi connectivity index (χ4n) is 4.12. The van der Waals surface area contributed by atoms with Crippen LogP contribution in [0.25, 0.3) is 0 Å². The molecule has 5 nitrogen and oxygen atoms in total. The van der Waals surface area contributed by atoms with E-state index in [4.69, 9.17) is 16.8 Å². The maximum Gasteiger partial charge on any atom is 0.316 e. The lowest BCUT2D eigenvalue weighted by atomic mass is 10.7. The van der Waals surface area contributed by atoms with E-state index in [1.807, 2.05) is 0 Å². The van der Waals surface area contributed by atoms with Gasteiger partial charge in [-0.25, -0.2) is 4.79 Å². The normalized spacial score (nSPS) is 17.2. The molecule has 0 unspecified atom stereocenters. The van der Waals surface area contributed by atoms with E-state index in [0.29, 0.717) is 0 Å². The van der Waals surface area contributed by atoms with E-state index in [9.17, 15) is 4.79 Å². The van der Waals surface area contributed by atoms with E-state index >= 15 is 0 Å². The summed E-state index contributed by atoms with van der Waals surface area (Å²) in [5.41, 5.74) is 0. The maximum atomic E-state index is 12.4. The van der Waals surface area contributed by atoms with Gasteiger partial charge in [0.2, 0.25) is 23.5 Å². The van der Waals surface area contributed by atoms with Crippen LogP contribution in [0.1, 0.15) is 0 Å². The summed E-state index contributed by atoms with van der Waals surface area (Å²) in [7, 11) is -8.70. The minimum Gasteiger partial charge on any atom is -0.516 e. The summed E-state index contributed by atoms with van der Waals surface area (Å²) in [6.45, 7) is 20.8.